The number of carboxylic acid groups (broad SMARTS) is 1. The quantitative estimate of drug-likeness (QED) is 0.427. The zero-order chi connectivity index (χ0) is 6.28. The van der Waals surface area contributed by atoms with Crippen LogP contribution in [0.1, 0.15) is 20.3 Å². The molecule has 0 saturated carbocycles. The van der Waals surface area contributed by atoms with Gasteiger partial charge in [0, 0.05) is 24.0 Å². The summed E-state index contributed by atoms with van der Waals surface area (Å²) >= 11 is 0. The molecule has 0 aromatic carbocycles. The van der Waals surface area contributed by atoms with Crippen LogP contribution in [-0.4, -0.2) is 11.1 Å². The fourth-order valence-electron chi connectivity index (χ4n) is 0. The van der Waals surface area contributed by atoms with Gasteiger partial charge in [0.25, 0.3) is 5.97 Å². The van der Waals surface area contributed by atoms with E-state index in [1.807, 2.05) is 6.92 Å². The maximum Gasteiger partial charge on any atom is 0.300 e. The molecule has 8 heavy (non-hydrogen) atoms. The van der Waals surface area contributed by atoms with Gasteiger partial charge in [-0.15, -0.1) is 0 Å². The first-order valence-corrected chi connectivity index (χ1v) is 2.13. The van der Waals surface area contributed by atoms with Gasteiger partial charge in [-0.25, -0.2) is 0 Å². The van der Waals surface area contributed by atoms with Gasteiger partial charge in [0.15, 0.2) is 0 Å². The summed E-state index contributed by atoms with van der Waals surface area (Å²) in [4.78, 5) is 9.00. The summed E-state index contributed by atoms with van der Waals surface area (Å²) < 4.78 is 0. The largest absolute Gasteiger partial charge is 0.481 e. The molecule has 0 rings (SSSR count). The van der Waals surface area contributed by atoms with Crippen molar-refractivity contribution in [3.63, 3.8) is 0 Å². The molecule has 0 unspecified atom stereocenters. The van der Waals surface area contributed by atoms with Crippen molar-refractivity contribution >= 4 is 5.97 Å². The van der Waals surface area contributed by atoms with E-state index in [9.17, 15) is 0 Å². The van der Waals surface area contributed by atoms with Crippen molar-refractivity contribution in [3.05, 3.63) is 6.92 Å². The molecule has 1 N–H and O–H groups in total. The van der Waals surface area contributed by atoms with Gasteiger partial charge in [-0.05, 0) is 0 Å². The van der Waals surface area contributed by atoms with Gasteiger partial charge in [0.1, 0.15) is 0 Å². The molecule has 0 atom stereocenters. The molecular formula is C5H11FeO2-. The average molecular weight is 159 g/mol. The molecule has 0 aliphatic heterocycles. The smallest absolute Gasteiger partial charge is 0.300 e. The zero-order valence-electron chi connectivity index (χ0n) is 5.12. The van der Waals surface area contributed by atoms with E-state index in [1.54, 1.807) is 0 Å². The molecule has 0 bridgehead atoms. The SMILES string of the molecule is CC(=O)O.[CH2-]CC.[Fe]. The number of carboxylic acids is 1. The van der Waals surface area contributed by atoms with Crippen molar-refractivity contribution < 1.29 is 27.0 Å². The van der Waals surface area contributed by atoms with Gasteiger partial charge in [-0.1, -0.05) is 6.92 Å². The summed E-state index contributed by atoms with van der Waals surface area (Å²) in [5.74, 6) is -0.833. The first-order chi connectivity index (χ1) is 3.15. The Bertz CT molecular complexity index is 41.7. The van der Waals surface area contributed by atoms with Crippen LogP contribution in [0.25, 0.3) is 0 Å². The second kappa shape index (κ2) is 15.8. The Morgan fingerprint density at radius 3 is 1.75 bits per heavy atom. The number of hydrogen-bond acceptors (Lipinski definition) is 1. The van der Waals surface area contributed by atoms with Gasteiger partial charge < -0.3 is 12.0 Å². The molecular weight excluding hydrogens is 148 g/mol. The molecule has 0 aromatic heterocycles. The molecule has 0 aromatic rings. The average Bonchev–Trinajstić information content (AvgIpc) is 1.33. The molecule has 0 aliphatic carbocycles. The van der Waals surface area contributed by atoms with Gasteiger partial charge in [-0.2, -0.15) is 6.42 Å². The Kier molecular flexibility index (Phi) is 30.9. The van der Waals surface area contributed by atoms with E-state index in [2.05, 4.69) is 6.92 Å². The van der Waals surface area contributed by atoms with Crippen LogP contribution in [0.15, 0.2) is 0 Å². The van der Waals surface area contributed by atoms with Crippen LogP contribution in [-0.2, 0) is 21.9 Å². The van der Waals surface area contributed by atoms with Crippen molar-refractivity contribution in [2.45, 2.75) is 20.3 Å². The summed E-state index contributed by atoms with van der Waals surface area (Å²) in [6.07, 6.45) is 1.00. The second-order valence-electron chi connectivity index (χ2n) is 1.02. The van der Waals surface area contributed by atoms with Gasteiger partial charge in [-0.3, -0.25) is 4.79 Å². The Labute approximate surface area is 60.8 Å². The first kappa shape index (κ1) is 15.7. The summed E-state index contributed by atoms with van der Waals surface area (Å²) in [5, 5.41) is 7.42. The Morgan fingerprint density at radius 2 is 1.75 bits per heavy atom. The molecule has 0 radical (unpaired) electrons. The van der Waals surface area contributed by atoms with Crippen LogP contribution in [0.3, 0.4) is 0 Å². The third-order valence-electron chi connectivity index (χ3n) is 0. The Morgan fingerprint density at radius 1 is 1.75 bits per heavy atom. The van der Waals surface area contributed by atoms with E-state index in [4.69, 9.17) is 9.90 Å². The minimum absolute atomic E-state index is 0. The summed E-state index contributed by atoms with van der Waals surface area (Å²) in [7, 11) is 0. The van der Waals surface area contributed by atoms with Crippen LogP contribution >= 0.6 is 0 Å². The first-order valence-electron chi connectivity index (χ1n) is 2.13. The van der Waals surface area contributed by atoms with E-state index in [0.717, 1.165) is 13.3 Å². The fraction of sp³-hybridized carbons (Fsp3) is 0.600. The summed E-state index contributed by atoms with van der Waals surface area (Å²) in [5.41, 5.74) is 0. The second-order valence-corrected chi connectivity index (χ2v) is 1.02. The zero-order valence-corrected chi connectivity index (χ0v) is 6.23. The van der Waals surface area contributed by atoms with E-state index >= 15 is 0 Å². The molecule has 2 nitrogen and oxygen atoms in total. The van der Waals surface area contributed by atoms with Crippen LogP contribution in [0.4, 0.5) is 0 Å². The van der Waals surface area contributed by atoms with E-state index in [-0.39, 0.29) is 17.1 Å². The molecule has 0 spiro atoms. The normalized spacial score (nSPS) is 5.38. The molecule has 0 saturated heterocycles. The Hall–Kier alpha value is -0.0105. The predicted molar refractivity (Wildman–Crippen MR) is 29.0 cm³/mol. The van der Waals surface area contributed by atoms with Crippen molar-refractivity contribution in [3.8, 4) is 0 Å². The summed E-state index contributed by atoms with van der Waals surface area (Å²) in [6, 6.07) is 0. The van der Waals surface area contributed by atoms with Gasteiger partial charge in [0.2, 0.25) is 0 Å². The maximum atomic E-state index is 9.00. The predicted octanol–water partition coefficient (Wildman–Crippen LogP) is 1.32. The number of aliphatic carboxylic acids is 1. The molecule has 0 amide bonds. The van der Waals surface area contributed by atoms with Gasteiger partial charge in [0.05, 0.1) is 0 Å². The standard InChI is InChI=1S/C3H7.C2H4O2.Fe/c1-3-2;1-2(3)4;/h1,3H2,2H3;1H3,(H,3,4);/q-1;;. The fourth-order valence-corrected chi connectivity index (χ4v) is 0. The number of rotatable bonds is 0. The van der Waals surface area contributed by atoms with Crippen molar-refractivity contribution in [2.24, 2.45) is 0 Å². The molecule has 0 heterocycles. The van der Waals surface area contributed by atoms with Gasteiger partial charge >= 0.3 is 0 Å². The molecule has 0 fully saturated rings. The molecule has 3 heteroatoms. The van der Waals surface area contributed by atoms with E-state index in [1.165, 1.54) is 0 Å². The minimum atomic E-state index is -0.833. The number of hydrogen-bond donors (Lipinski definition) is 1. The van der Waals surface area contributed by atoms with Crippen LogP contribution in [0, 0.1) is 6.92 Å². The third kappa shape index (κ3) is 1350000. The van der Waals surface area contributed by atoms with Crippen LogP contribution in [0.5, 0.6) is 0 Å². The van der Waals surface area contributed by atoms with Crippen LogP contribution < -0.4 is 0 Å². The van der Waals surface area contributed by atoms with E-state index in [0.29, 0.717) is 0 Å². The Balaban J connectivity index is -0.0000000575. The van der Waals surface area contributed by atoms with Crippen molar-refractivity contribution in [2.75, 3.05) is 0 Å². The monoisotopic (exact) mass is 159 g/mol. The summed E-state index contributed by atoms with van der Waals surface area (Å²) in [6.45, 7) is 6.58. The molecule has 0 aliphatic rings. The van der Waals surface area contributed by atoms with Crippen molar-refractivity contribution in [1.82, 2.24) is 0 Å². The third-order valence-corrected chi connectivity index (χ3v) is 0. The van der Waals surface area contributed by atoms with Crippen LogP contribution in [0.2, 0.25) is 0 Å². The van der Waals surface area contributed by atoms with Crippen molar-refractivity contribution in [1.29, 1.82) is 0 Å². The molecule has 52 valence electrons. The maximum absolute atomic E-state index is 9.00. The van der Waals surface area contributed by atoms with E-state index < -0.39 is 5.97 Å². The topological polar surface area (TPSA) is 37.3 Å². The number of carbonyl (C=O) groups is 1. The minimum Gasteiger partial charge on any atom is -0.481 e.